The van der Waals surface area contributed by atoms with Gasteiger partial charge in [0, 0.05) is 5.56 Å². The lowest BCUT2D eigenvalue weighted by molar-refractivity contribution is 0.411. The summed E-state index contributed by atoms with van der Waals surface area (Å²) in [6.45, 7) is 6.69. The zero-order valence-electron chi connectivity index (χ0n) is 10.4. The van der Waals surface area contributed by atoms with Crippen molar-refractivity contribution in [3.05, 3.63) is 36.2 Å². The average Bonchev–Trinajstić information content (AvgIpc) is 2.29. The smallest absolute Gasteiger partial charge is 0.135 e. The van der Waals surface area contributed by atoms with Gasteiger partial charge in [-0.1, -0.05) is 45.0 Å². The van der Waals surface area contributed by atoms with E-state index in [4.69, 9.17) is 0 Å². The van der Waals surface area contributed by atoms with Crippen molar-refractivity contribution in [2.45, 2.75) is 27.2 Å². The fourth-order valence-corrected chi connectivity index (χ4v) is 1.70. The van der Waals surface area contributed by atoms with Crippen LogP contribution < -0.4 is 0 Å². The van der Waals surface area contributed by atoms with Crippen LogP contribution in [-0.4, -0.2) is 20.4 Å². The van der Waals surface area contributed by atoms with Gasteiger partial charge >= 0.3 is 0 Å². The molecule has 2 rings (SSSR count). The highest BCUT2D eigenvalue weighted by molar-refractivity contribution is 5.54. The molecule has 0 N–H and O–H groups in total. The maximum absolute atomic E-state index is 3.93. The van der Waals surface area contributed by atoms with E-state index in [0.717, 1.165) is 12.0 Å². The molecule has 0 saturated heterocycles. The van der Waals surface area contributed by atoms with Gasteiger partial charge in [0.15, 0.2) is 6.33 Å². The van der Waals surface area contributed by atoms with Gasteiger partial charge in [-0.25, -0.2) is 0 Å². The highest BCUT2D eigenvalue weighted by Gasteiger charge is 2.11. The van der Waals surface area contributed by atoms with Gasteiger partial charge in [0.1, 0.15) is 0 Å². The lowest BCUT2D eigenvalue weighted by Gasteiger charge is -2.18. The molecule has 0 saturated carbocycles. The van der Waals surface area contributed by atoms with Crippen LogP contribution in [0.5, 0.6) is 0 Å². The van der Waals surface area contributed by atoms with Gasteiger partial charge in [0.05, 0.1) is 0 Å². The van der Waals surface area contributed by atoms with Crippen molar-refractivity contribution in [3.8, 4) is 11.4 Å². The molecule has 0 amide bonds. The van der Waals surface area contributed by atoms with E-state index in [9.17, 15) is 0 Å². The van der Waals surface area contributed by atoms with Crippen LogP contribution in [0.4, 0.5) is 0 Å². The summed E-state index contributed by atoms with van der Waals surface area (Å²) in [6.07, 6.45) is 2.39. The van der Waals surface area contributed by atoms with Crippen LogP contribution in [0.3, 0.4) is 0 Å². The molecule has 1 aromatic heterocycles. The van der Waals surface area contributed by atoms with Crippen molar-refractivity contribution in [1.29, 1.82) is 0 Å². The number of aromatic nitrogens is 4. The van der Waals surface area contributed by atoms with E-state index in [1.54, 1.807) is 0 Å². The first-order chi connectivity index (χ1) is 8.04. The van der Waals surface area contributed by atoms with Crippen LogP contribution in [0.2, 0.25) is 0 Å². The van der Waals surface area contributed by atoms with Crippen LogP contribution in [0.25, 0.3) is 11.4 Å². The van der Waals surface area contributed by atoms with Gasteiger partial charge in [0.2, 0.25) is 5.82 Å². The molecule has 0 unspecified atom stereocenters. The Hall–Kier alpha value is -1.84. The third kappa shape index (κ3) is 3.31. The lowest BCUT2D eigenvalue weighted by Crippen LogP contribution is -2.08. The Labute approximate surface area is 101 Å². The molecule has 2 aromatic rings. The molecule has 1 heterocycles. The Morgan fingerprint density at radius 3 is 2.06 bits per heavy atom. The van der Waals surface area contributed by atoms with Crippen LogP contribution in [0.1, 0.15) is 26.3 Å². The van der Waals surface area contributed by atoms with Gasteiger partial charge in [-0.15, -0.1) is 20.4 Å². The van der Waals surface area contributed by atoms with Crippen LogP contribution in [0.15, 0.2) is 30.6 Å². The Bertz CT molecular complexity index is 471. The number of hydrogen-bond acceptors (Lipinski definition) is 4. The molecule has 4 heteroatoms. The Kier molecular flexibility index (Phi) is 3.13. The average molecular weight is 228 g/mol. The van der Waals surface area contributed by atoms with E-state index in [2.05, 4.69) is 53.3 Å². The standard InChI is InChI=1S/C13H16N4/c1-13(2,3)8-10-4-6-11(7-5-10)12-16-14-9-15-17-12/h4-7,9H,8H2,1-3H3. The predicted molar refractivity (Wildman–Crippen MR) is 66.2 cm³/mol. The van der Waals surface area contributed by atoms with Gasteiger partial charge < -0.3 is 0 Å². The third-order valence-electron chi connectivity index (χ3n) is 2.35. The minimum Gasteiger partial charge on any atom is -0.135 e. The highest BCUT2D eigenvalue weighted by Crippen LogP contribution is 2.22. The Morgan fingerprint density at radius 2 is 1.53 bits per heavy atom. The van der Waals surface area contributed by atoms with Gasteiger partial charge in [-0.2, -0.15) is 0 Å². The largest absolute Gasteiger partial charge is 0.203 e. The summed E-state index contributed by atoms with van der Waals surface area (Å²) < 4.78 is 0. The van der Waals surface area contributed by atoms with E-state index in [1.807, 2.05) is 12.1 Å². The van der Waals surface area contributed by atoms with Crippen molar-refractivity contribution in [2.24, 2.45) is 5.41 Å². The fraction of sp³-hybridized carbons (Fsp3) is 0.385. The quantitative estimate of drug-likeness (QED) is 0.792. The van der Waals surface area contributed by atoms with E-state index < -0.39 is 0 Å². The summed E-state index contributed by atoms with van der Waals surface area (Å²) in [6, 6.07) is 8.24. The number of rotatable bonds is 2. The summed E-state index contributed by atoms with van der Waals surface area (Å²) in [5.74, 6) is 0.565. The SMILES string of the molecule is CC(C)(C)Cc1ccc(-c2nncnn2)cc1. The molecule has 0 aliphatic rings. The van der Waals surface area contributed by atoms with Crippen molar-refractivity contribution < 1.29 is 0 Å². The normalized spacial score (nSPS) is 11.5. The predicted octanol–water partition coefficient (Wildman–Crippen LogP) is 2.52. The Morgan fingerprint density at radius 1 is 0.941 bits per heavy atom. The van der Waals surface area contributed by atoms with E-state index in [-0.39, 0.29) is 0 Å². The lowest BCUT2D eigenvalue weighted by atomic mass is 9.88. The van der Waals surface area contributed by atoms with Gasteiger partial charge in [0.25, 0.3) is 0 Å². The fourth-order valence-electron chi connectivity index (χ4n) is 1.70. The van der Waals surface area contributed by atoms with E-state index in [0.29, 0.717) is 11.2 Å². The summed E-state index contributed by atoms with van der Waals surface area (Å²) in [7, 11) is 0. The van der Waals surface area contributed by atoms with Gasteiger partial charge in [-0.3, -0.25) is 0 Å². The van der Waals surface area contributed by atoms with E-state index >= 15 is 0 Å². The molecule has 0 aliphatic heterocycles. The molecule has 0 bridgehead atoms. The Balaban J connectivity index is 2.19. The maximum atomic E-state index is 3.93. The molecule has 17 heavy (non-hydrogen) atoms. The first kappa shape index (κ1) is 11.6. The van der Waals surface area contributed by atoms with Crippen molar-refractivity contribution in [1.82, 2.24) is 20.4 Å². The number of hydrogen-bond donors (Lipinski definition) is 0. The molecule has 0 aliphatic carbocycles. The van der Waals surface area contributed by atoms with E-state index in [1.165, 1.54) is 11.9 Å². The molecule has 0 spiro atoms. The van der Waals surface area contributed by atoms with Crippen LogP contribution in [-0.2, 0) is 6.42 Å². The topological polar surface area (TPSA) is 51.6 Å². The minimum atomic E-state index is 0.299. The molecular formula is C13H16N4. The van der Waals surface area contributed by atoms with Crippen molar-refractivity contribution in [3.63, 3.8) is 0 Å². The molecule has 88 valence electrons. The molecule has 4 nitrogen and oxygen atoms in total. The number of benzene rings is 1. The number of nitrogens with zero attached hydrogens (tertiary/aromatic N) is 4. The second-order valence-corrected chi connectivity index (χ2v) is 5.30. The van der Waals surface area contributed by atoms with Crippen molar-refractivity contribution in [2.75, 3.05) is 0 Å². The molecule has 1 aromatic carbocycles. The molecule has 0 fully saturated rings. The second-order valence-electron chi connectivity index (χ2n) is 5.30. The van der Waals surface area contributed by atoms with Crippen LogP contribution >= 0.6 is 0 Å². The third-order valence-corrected chi connectivity index (χ3v) is 2.35. The monoisotopic (exact) mass is 228 g/mol. The zero-order chi connectivity index (χ0) is 12.3. The summed E-state index contributed by atoms with van der Waals surface area (Å²) >= 11 is 0. The minimum absolute atomic E-state index is 0.299. The van der Waals surface area contributed by atoms with Gasteiger partial charge in [-0.05, 0) is 17.4 Å². The summed E-state index contributed by atoms with van der Waals surface area (Å²) in [5, 5.41) is 15.3. The second kappa shape index (κ2) is 4.57. The highest BCUT2D eigenvalue weighted by atomic mass is 15.3. The molecule has 0 radical (unpaired) electrons. The first-order valence-corrected chi connectivity index (χ1v) is 5.64. The molecule has 0 atom stereocenters. The van der Waals surface area contributed by atoms with Crippen LogP contribution in [0, 0.1) is 5.41 Å². The molecular weight excluding hydrogens is 212 g/mol. The van der Waals surface area contributed by atoms with Crippen molar-refractivity contribution >= 4 is 0 Å². The summed E-state index contributed by atoms with van der Waals surface area (Å²) in [4.78, 5) is 0. The first-order valence-electron chi connectivity index (χ1n) is 5.64. The maximum Gasteiger partial charge on any atom is 0.203 e. The summed E-state index contributed by atoms with van der Waals surface area (Å²) in [5.41, 5.74) is 2.56. The zero-order valence-corrected chi connectivity index (χ0v) is 10.4.